The lowest BCUT2D eigenvalue weighted by Gasteiger charge is -2.13. The molecule has 0 atom stereocenters. The van der Waals surface area contributed by atoms with Gasteiger partial charge in [-0.05, 0) is 43.7 Å². The van der Waals surface area contributed by atoms with Crippen LogP contribution in [0.1, 0.15) is 20.3 Å². The molecular formula is C20H22N2O4. The summed E-state index contributed by atoms with van der Waals surface area (Å²) in [6.07, 6.45) is 0.904. The molecule has 0 saturated carbocycles. The molecule has 26 heavy (non-hydrogen) atoms. The predicted octanol–water partition coefficient (Wildman–Crippen LogP) is 3.98. The first-order chi connectivity index (χ1) is 12.6. The molecule has 1 N–H and O–H groups in total. The van der Waals surface area contributed by atoms with Gasteiger partial charge in [-0.15, -0.1) is 0 Å². The van der Waals surface area contributed by atoms with Crippen molar-refractivity contribution in [3.8, 4) is 22.9 Å². The van der Waals surface area contributed by atoms with E-state index in [0.29, 0.717) is 30.5 Å². The van der Waals surface area contributed by atoms with Crippen molar-refractivity contribution in [2.75, 3.05) is 13.2 Å². The van der Waals surface area contributed by atoms with Crippen molar-refractivity contribution in [2.24, 2.45) is 0 Å². The minimum atomic E-state index is -0.915. The molecule has 0 aliphatic rings. The number of fused-ring (bicyclic) bond motifs is 1. The summed E-state index contributed by atoms with van der Waals surface area (Å²) in [4.78, 5) is 16.0. The molecule has 0 aliphatic heterocycles. The molecule has 0 aliphatic carbocycles. The van der Waals surface area contributed by atoms with E-state index in [-0.39, 0.29) is 6.54 Å². The van der Waals surface area contributed by atoms with Crippen LogP contribution in [0.15, 0.2) is 42.5 Å². The molecule has 2 aromatic carbocycles. The molecule has 3 rings (SSSR count). The molecular weight excluding hydrogens is 332 g/mol. The summed E-state index contributed by atoms with van der Waals surface area (Å²) in [5, 5.41) is 9.30. The van der Waals surface area contributed by atoms with E-state index >= 15 is 0 Å². The van der Waals surface area contributed by atoms with Crippen molar-refractivity contribution in [1.29, 1.82) is 0 Å². The number of hydrogen-bond donors (Lipinski definition) is 1. The van der Waals surface area contributed by atoms with E-state index in [2.05, 4.69) is 4.98 Å². The van der Waals surface area contributed by atoms with E-state index in [0.717, 1.165) is 23.0 Å². The van der Waals surface area contributed by atoms with Crippen molar-refractivity contribution in [3.63, 3.8) is 0 Å². The average molecular weight is 354 g/mol. The smallest absolute Gasteiger partial charge is 0.323 e. The van der Waals surface area contributed by atoms with Crippen LogP contribution in [0, 0.1) is 0 Å². The van der Waals surface area contributed by atoms with Crippen LogP contribution in [0.25, 0.3) is 22.4 Å². The summed E-state index contributed by atoms with van der Waals surface area (Å²) >= 11 is 0. The molecule has 3 aromatic rings. The minimum Gasteiger partial charge on any atom is -0.490 e. The number of carboxylic acids is 1. The molecule has 1 aromatic heterocycles. The van der Waals surface area contributed by atoms with Crippen molar-refractivity contribution in [1.82, 2.24) is 9.55 Å². The maximum Gasteiger partial charge on any atom is 0.323 e. The van der Waals surface area contributed by atoms with Crippen LogP contribution in [0.4, 0.5) is 0 Å². The third-order valence-corrected chi connectivity index (χ3v) is 3.91. The number of nitrogens with zero attached hydrogens (tertiary/aromatic N) is 2. The zero-order chi connectivity index (χ0) is 18.5. The Balaban J connectivity index is 2.10. The van der Waals surface area contributed by atoms with Crippen LogP contribution >= 0.6 is 0 Å². The van der Waals surface area contributed by atoms with E-state index in [4.69, 9.17) is 9.47 Å². The Bertz CT molecular complexity index is 917. The van der Waals surface area contributed by atoms with Crippen LogP contribution < -0.4 is 9.47 Å². The number of rotatable bonds is 8. The van der Waals surface area contributed by atoms with Crippen LogP contribution in [0.2, 0.25) is 0 Å². The van der Waals surface area contributed by atoms with Gasteiger partial charge in [0.15, 0.2) is 11.5 Å². The fraction of sp³-hybridized carbons (Fsp3) is 0.300. The van der Waals surface area contributed by atoms with Crippen LogP contribution in [0.3, 0.4) is 0 Å². The lowest BCUT2D eigenvalue weighted by atomic mass is 10.2. The molecule has 0 bridgehead atoms. The van der Waals surface area contributed by atoms with Crippen LogP contribution in [-0.4, -0.2) is 33.8 Å². The number of aliphatic carboxylic acids is 1. The van der Waals surface area contributed by atoms with Gasteiger partial charge < -0.3 is 19.1 Å². The SMILES string of the molecule is CCCOc1ccc(-c2nc3ccccc3n2CC(=O)O)cc1OCC. The molecule has 0 saturated heterocycles. The zero-order valence-electron chi connectivity index (χ0n) is 14.9. The maximum atomic E-state index is 11.3. The first-order valence-electron chi connectivity index (χ1n) is 8.71. The van der Waals surface area contributed by atoms with E-state index in [1.807, 2.05) is 56.3 Å². The largest absolute Gasteiger partial charge is 0.490 e. The highest BCUT2D eigenvalue weighted by molar-refractivity contribution is 5.83. The van der Waals surface area contributed by atoms with E-state index in [9.17, 15) is 9.90 Å². The molecule has 6 nitrogen and oxygen atoms in total. The second-order valence-corrected chi connectivity index (χ2v) is 5.85. The molecule has 0 unspecified atom stereocenters. The lowest BCUT2D eigenvalue weighted by molar-refractivity contribution is -0.137. The number of aromatic nitrogens is 2. The lowest BCUT2D eigenvalue weighted by Crippen LogP contribution is -2.10. The van der Waals surface area contributed by atoms with Crippen LogP contribution in [0.5, 0.6) is 11.5 Å². The Morgan fingerprint density at radius 1 is 1.12 bits per heavy atom. The summed E-state index contributed by atoms with van der Waals surface area (Å²) in [5.74, 6) is 0.990. The van der Waals surface area contributed by atoms with E-state index in [1.54, 1.807) is 4.57 Å². The van der Waals surface area contributed by atoms with E-state index < -0.39 is 5.97 Å². The number of carbonyl (C=O) groups is 1. The van der Waals surface area contributed by atoms with Gasteiger partial charge in [0.25, 0.3) is 0 Å². The van der Waals surface area contributed by atoms with Gasteiger partial charge in [0.05, 0.1) is 24.2 Å². The van der Waals surface area contributed by atoms with Gasteiger partial charge in [-0.3, -0.25) is 4.79 Å². The van der Waals surface area contributed by atoms with Gasteiger partial charge in [0.1, 0.15) is 12.4 Å². The summed E-state index contributed by atoms with van der Waals surface area (Å²) < 4.78 is 13.2. The number of para-hydroxylation sites is 2. The molecule has 0 radical (unpaired) electrons. The third kappa shape index (κ3) is 3.64. The Kier molecular flexibility index (Phi) is 5.41. The summed E-state index contributed by atoms with van der Waals surface area (Å²) in [6.45, 7) is 4.92. The highest BCUT2D eigenvalue weighted by Crippen LogP contribution is 2.34. The number of ether oxygens (including phenoxy) is 2. The second kappa shape index (κ2) is 7.91. The Morgan fingerprint density at radius 2 is 1.92 bits per heavy atom. The first kappa shape index (κ1) is 17.8. The van der Waals surface area contributed by atoms with E-state index in [1.165, 1.54) is 0 Å². The van der Waals surface area contributed by atoms with Gasteiger partial charge in [0.2, 0.25) is 0 Å². The monoisotopic (exact) mass is 354 g/mol. The molecule has 136 valence electrons. The maximum absolute atomic E-state index is 11.3. The highest BCUT2D eigenvalue weighted by Gasteiger charge is 2.16. The van der Waals surface area contributed by atoms with Crippen molar-refractivity contribution < 1.29 is 19.4 Å². The Labute approximate surface area is 152 Å². The topological polar surface area (TPSA) is 73.6 Å². The summed E-state index contributed by atoms with van der Waals surface area (Å²) in [7, 11) is 0. The Hall–Kier alpha value is -3.02. The number of imidazole rings is 1. The fourth-order valence-electron chi connectivity index (χ4n) is 2.84. The molecule has 1 heterocycles. The second-order valence-electron chi connectivity index (χ2n) is 5.85. The standard InChI is InChI=1S/C20H22N2O4/c1-3-11-26-17-10-9-14(12-18(17)25-4-2)20-21-15-7-5-6-8-16(15)22(20)13-19(23)24/h5-10,12H,3-4,11,13H2,1-2H3,(H,23,24). The van der Waals surface area contributed by atoms with Gasteiger partial charge in [-0.2, -0.15) is 0 Å². The van der Waals surface area contributed by atoms with Gasteiger partial charge >= 0.3 is 5.97 Å². The quantitative estimate of drug-likeness (QED) is 0.662. The number of benzene rings is 2. The zero-order valence-corrected chi connectivity index (χ0v) is 14.9. The van der Waals surface area contributed by atoms with Crippen molar-refractivity contribution >= 4 is 17.0 Å². The molecule has 0 amide bonds. The molecule has 6 heteroatoms. The Morgan fingerprint density at radius 3 is 2.65 bits per heavy atom. The number of hydrogen-bond acceptors (Lipinski definition) is 4. The fourth-order valence-corrected chi connectivity index (χ4v) is 2.84. The van der Waals surface area contributed by atoms with Crippen LogP contribution in [-0.2, 0) is 11.3 Å². The van der Waals surface area contributed by atoms with Gasteiger partial charge in [0, 0.05) is 5.56 Å². The van der Waals surface area contributed by atoms with Gasteiger partial charge in [-0.25, -0.2) is 4.98 Å². The normalized spacial score (nSPS) is 10.8. The number of carboxylic acid groups (broad SMARTS) is 1. The minimum absolute atomic E-state index is 0.159. The average Bonchev–Trinajstić information content (AvgIpc) is 2.99. The predicted molar refractivity (Wildman–Crippen MR) is 99.8 cm³/mol. The highest BCUT2D eigenvalue weighted by atomic mass is 16.5. The molecule has 0 fully saturated rings. The third-order valence-electron chi connectivity index (χ3n) is 3.91. The molecule has 0 spiro atoms. The first-order valence-corrected chi connectivity index (χ1v) is 8.71. The van der Waals surface area contributed by atoms with Gasteiger partial charge in [-0.1, -0.05) is 19.1 Å². The van der Waals surface area contributed by atoms with Crippen molar-refractivity contribution in [2.45, 2.75) is 26.8 Å². The summed E-state index contributed by atoms with van der Waals surface area (Å²) in [6, 6.07) is 13.1. The van der Waals surface area contributed by atoms with Crippen molar-refractivity contribution in [3.05, 3.63) is 42.5 Å². The summed E-state index contributed by atoms with van der Waals surface area (Å²) in [5.41, 5.74) is 2.33.